The largest absolute Gasteiger partial charge is 0.477 e. The maximum atomic E-state index is 12.8. The molecule has 65 heavy (non-hydrogen) atoms. The molecule has 8 heteroatoms. The topological polar surface area (TPSA) is 99.1 Å². The highest BCUT2D eigenvalue weighted by Gasteiger charge is 2.31. The van der Waals surface area contributed by atoms with E-state index in [2.05, 4.69) is 123 Å². The lowest BCUT2D eigenvalue weighted by Crippen LogP contribution is -2.50. The zero-order valence-corrected chi connectivity index (χ0v) is 41.9. The van der Waals surface area contributed by atoms with Crippen molar-refractivity contribution >= 4 is 17.9 Å². The van der Waals surface area contributed by atoms with E-state index in [0.29, 0.717) is 19.3 Å². The lowest BCUT2D eigenvalue weighted by atomic mass is 10.1. The first kappa shape index (κ1) is 61.0. The van der Waals surface area contributed by atoms with Crippen molar-refractivity contribution in [2.75, 3.05) is 41.0 Å². The van der Waals surface area contributed by atoms with Gasteiger partial charge in [-0.05, 0) is 89.9 Å². The van der Waals surface area contributed by atoms with Gasteiger partial charge >= 0.3 is 17.9 Å². The average Bonchev–Trinajstić information content (AvgIpc) is 3.27. The molecule has 0 aliphatic rings. The molecule has 0 saturated carbocycles. The maximum absolute atomic E-state index is 12.8. The number of ether oxygens (including phenoxy) is 3. The minimum atomic E-state index is -0.889. The Hall–Kier alpha value is -4.01. The fraction of sp³-hybridized carbons (Fsp3) is 0.632. The molecule has 0 rings (SSSR count). The normalized spacial score (nSPS) is 13.8. The van der Waals surface area contributed by atoms with Crippen LogP contribution in [-0.2, 0) is 28.6 Å². The summed E-state index contributed by atoms with van der Waals surface area (Å²) >= 11 is 0. The van der Waals surface area contributed by atoms with E-state index in [1.165, 1.54) is 44.9 Å². The number of quaternary nitrogens is 1. The van der Waals surface area contributed by atoms with Crippen molar-refractivity contribution in [1.82, 2.24) is 0 Å². The molecule has 0 aromatic carbocycles. The number of hydrogen-bond donors (Lipinski definition) is 1. The van der Waals surface area contributed by atoms with E-state index in [1.807, 2.05) is 21.1 Å². The molecule has 0 radical (unpaired) electrons. The lowest BCUT2D eigenvalue weighted by molar-refractivity contribution is -0.887. The summed E-state index contributed by atoms with van der Waals surface area (Å²) in [5.74, 6) is -1.58. The first-order chi connectivity index (χ1) is 31.6. The van der Waals surface area contributed by atoms with Crippen molar-refractivity contribution in [3.8, 4) is 0 Å². The predicted molar refractivity (Wildman–Crippen MR) is 275 cm³/mol. The van der Waals surface area contributed by atoms with E-state index in [4.69, 9.17) is 14.2 Å². The van der Waals surface area contributed by atoms with E-state index in [1.54, 1.807) is 0 Å². The van der Waals surface area contributed by atoms with Crippen LogP contribution in [0, 0.1) is 0 Å². The van der Waals surface area contributed by atoms with Crippen LogP contribution in [0.5, 0.6) is 0 Å². The Labute approximate surface area is 398 Å². The third kappa shape index (κ3) is 45.0. The van der Waals surface area contributed by atoms with Crippen LogP contribution >= 0.6 is 0 Å². The molecular weight excluding hydrogens is 811 g/mol. The molecule has 0 amide bonds. The summed E-state index contributed by atoms with van der Waals surface area (Å²) in [6.07, 6.45) is 64.3. The summed E-state index contributed by atoms with van der Waals surface area (Å²) in [4.78, 5) is 37.1. The molecule has 0 aliphatic carbocycles. The van der Waals surface area contributed by atoms with Crippen LogP contribution in [0.1, 0.15) is 181 Å². The van der Waals surface area contributed by atoms with Gasteiger partial charge < -0.3 is 23.8 Å². The Kier molecular flexibility index (Phi) is 43.6. The van der Waals surface area contributed by atoms with Crippen molar-refractivity contribution in [3.05, 3.63) is 109 Å². The number of likely N-dealkylation sites (N-methyl/N-ethyl adjacent to an activating group) is 1. The summed E-state index contributed by atoms with van der Waals surface area (Å²) in [5.41, 5.74) is 0. The Bertz CT molecular complexity index is 1420. The molecule has 8 nitrogen and oxygen atoms in total. The SMILES string of the molecule is CC/C=C/C/C=C/C/C=C/C/C=C/C/C=C/C/C=C/C/C=C/CCCC(=O)OCC(COCCC(C(=O)O)[N+](C)(C)C)OC(=O)CCCCCCC/C=C/C=C/CCCCCCCCC. The van der Waals surface area contributed by atoms with Gasteiger partial charge in [-0.15, -0.1) is 0 Å². The third-order valence-electron chi connectivity index (χ3n) is 10.7. The molecule has 0 bridgehead atoms. The standard InChI is InChI=1S/C57H93NO7/c1-6-8-10-12-14-16-18-20-22-24-26-27-28-29-30-32-33-35-37-39-41-43-45-47-55(59)64-52-53(51-63-50-49-54(57(61)62)58(3,4)5)65-56(60)48-46-44-42-40-38-36-34-31-25-23-21-19-17-15-13-11-9-7-2/h8,10,14,16,20,22-23,25-27,29-31,33-35,39,41,53-54H,6-7,9,11-13,15,17-19,21,24,28,32,36-38,40,42-52H2,1-5H3/p+1/b10-8+,16-14+,22-20+,25-23+,27-26+,30-29+,34-31+,35-33+,41-39+. The van der Waals surface area contributed by atoms with Crippen molar-refractivity contribution in [1.29, 1.82) is 0 Å². The fourth-order valence-electron chi connectivity index (χ4n) is 6.78. The summed E-state index contributed by atoms with van der Waals surface area (Å²) in [7, 11) is 5.50. The molecule has 2 unspecified atom stereocenters. The third-order valence-corrected chi connectivity index (χ3v) is 10.7. The Morgan fingerprint density at radius 1 is 0.492 bits per heavy atom. The van der Waals surface area contributed by atoms with Crippen molar-refractivity contribution in [2.24, 2.45) is 0 Å². The van der Waals surface area contributed by atoms with Gasteiger partial charge in [0, 0.05) is 19.3 Å². The van der Waals surface area contributed by atoms with Crippen LogP contribution < -0.4 is 0 Å². The zero-order chi connectivity index (χ0) is 47.7. The Balaban J connectivity index is 4.42. The number of carboxylic acids is 1. The molecule has 0 aliphatic heterocycles. The number of carbonyl (C=O) groups is 3. The first-order valence-corrected chi connectivity index (χ1v) is 25.4. The van der Waals surface area contributed by atoms with E-state index in [9.17, 15) is 19.5 Å². The summed E-state index contributed by atoms with van der Waals surface area (Å²) in [6.45, 7) is 4.53. The predicted octanol–water partition coefficient (Wildman–Crippen LogP) is 14.8. The number of unbranched alkanes of at least 4 members (excludes halogenated alkanes) is 13. The van der Waals surface area contributed by atoms with E-state index < -0.39 is 18.1 Å². The highest BCUT2D eigenvalue weighted by atomic mass is 16.6. The van der Waals surface area contributed by atoms with Crippen LogP contribution in [0.2, 0.25) is 0 Å². The molecule has 0 spiro atoms. The van der Waals surface area contributed by atoms with Gasteiger partial charge in [-0.1, -0.05) is 181 Å². The van der Waals surface area contributed by atoms with Crippen LogP contribution in [0.25, 0.3) is 0 Å². The second kappa shape index (κ2) is 46.5. The first-order valence-electron chi connectivity index (χ1n) is 25.4. The van der Waals surface area contributed by atoms with E-state index in [-0.39, 0.29) is 42.7 Å². The van der Waals surface area contributed by atoms with E-state index in [0.717, 1.165) is 96.3 Å². The van der Waals surface area contributed by atoms with Gasteiger partial charge in [-0.25, -0.2) is 4.79 Å². The van der Waals surface area contributed by atoms with Gasteiger partial charge in [-0.3, -0.25) is 9.59 Å². The second-order valence-electron chi connectivity index (χ2n) is 17.7. The number of carboxylic acid groups (broad SMARTS) is 1. The monoisotopic (exact) mass is 905 g/mol. The number of esters is 2. The molecule has 0 aromatic heterocycles. The van der Waals surface area contributed by atoms with Gasteiger partial charge in [0.1, 0.15) is 6.61 Å². The number of rotatable bonds is 44. The van der Waals surface area contributed by atoms with Crippen molar-refractivity contribution in [2.45, 2.75) is 193 Å². The van der Waals surface area contributed by atoms with Gasteiger partial charge in [0.2, 0.25) is 0 Å². The summed E-state index contributed by atoms with van der Waals surface area (Å²) in [6, 6.07) is -0.633. The molecule has 0 heterocycles. The minimum Gasteiger partial charge on any atom is -0.477 e. The highest BCUT2D eigenvalue weighted by molar-refractivity contribution is 5.72. The summed E-state index contributed by atoms with van der Waals surface area (Å²) in [5, 5.41) is 9.65. The van der Waals surface area contributed by atoms with Gasteiger partial charge in [0.05, 0.1) is 34.4 Å². The molecular formula is C57H94NO7+. The molecule has 368 valence electrons. The Morgan fingerprint density at radius 3 is 1.40 bits per heavy atom. The Morgan fingerprint density at radius 2 is 0.923 bits per heavy atom. The molecule has 2 atom stereocenters. The molecule has 1 N–H and O–H groups in total. The summed E-state index contributed by atoms with van der Waals surface area (Å²) < 4.78 is 17.3. The average molecular weight is 905 g/mol. The van der Waals surface area contributed by atoms with Crippen LogP contribution in [-0.4, -0.2) is 80.6 Å². The van der Waals surface area contributed by atoms with E-state index >= 15 is 0 Å². The van der Waals surface area contributed by atoms with Gasteiger partial charge in [-0.2, -0.15) is 0 Å². The molecule has 0 aromatic rings. The lowest BCUT2D eigenvalue weighted by Gasteiger charge is -2.31. The van der Waals surface area contributed by atoms with Crippen LogP contribution in [0.4, 0.5) is 0 Å². The number of nitrogens with zero attached hydrogens (tertiary/aromatic N) is 1. The maximum Gasteiger partial charge on any atom is 0.362 e. The van der Waals surface area contributed by atoms with Gasteiger partial charge in [0.25, 0.3) is 0 Å². The molecule has 0 saturated heterocycles. The number of allylic oxidation sites excluding steroid dienone is 18. The van der Waals surface area contributed by atoms with Crippen LogP contribution in [0.15, 0.2) is 109 Å². The minimum absolute atomic E-state index is 0.0294. The zero-order valence-electron chi connectivity index (χ0n) is 41.9. The number of carbonyl (C=O) groups excluding carboxylic acids is 2. The van der Waals surface area contributed by atoms with Crippen molar-refractivity contribution in [3.63, 3.8) is 0 Å². The van der Waals surface area contributed by atoms with Crippen molar-refractivity contribution < 1.29 is 38.2 Å². The highest BCUT2D eigenvalue weighted by Crippen LogP contribution is 2.13. The quantitative estimate of drug-likeness (QED) is 0.0214. The second-order valence-corrected chi connectivity index (χ2v) is 17.7. The van der Waals surface area contributed by atoms with Gasteiger partial charge in [0.15, 0.2) is 12.1 Å². The smallest absolute Gasteiger partial charge is 0.362 e. The fourth-order valence-corrected chi connectivity index (χ4v) is 6.78. The van der Waals surface area contributed by atoms with Crippen LogP contribution in [0.3, 0.4) is 0 Å². The number of aliphatic carboxylic acids is 1. The number of hydrogen-bond acceptors (Lipinski definition) is 6. The molecule has 0 fully saturated rings.